The Kier molecular flexibility index (Phi) is 6.04. The van der Waals surface area contributed by atoms with Gasteiger partial charge in [0.05, 0.1) is 5.69 Å². The Morgan fingerprint density at radius 2 is 1.74 bits per heavy atom. The molecule has 2 aromatic heterocycles. The molecule has 0 unspecified atom stereocenters. The van der Waals surface area contributed by atoms with Crippen LogP contribution in [-0.4, -0.2) is 21.1 Å². The molecule has 4 aromatic rings. The number of rotatable bonds is 6. The van der Waals surface area contributed by atoms with Gasteiger partial charge in [0.25, 0.3) is 0 Å². The van der Waals surface area contributed by atoms with Gasteiger partial charge >= 0.3 is 0 Å². The van der Waals surface area contributed by atoms with Crippen molar-refractivity contribution in [2.75, 3.05) is 10.6 Å². The quantitative estimate of drug-likeness (QED) is 0.353. The summed E-state index contributed by atoms with van der Waals surface area (Å²) in [5.41, 5.74) is 5.83. The van der Waals surface area contributed by atoms with Crippen LogP contribution >= 0.6 is 11.8 Å². The third-order valence-electron chi connectivity index (χ3n) is 4.60. The SMILES string of the molecule is CC(=O)Nc1ccc(Sc2cc(Nc3cc(C)[nH]n3)cc(-c3ccccc3C)n2)cc1. The molecule has 3 N–H and O–H groups in total. The predicted molar refractivity (Wildman–Crippen MR) is 126 cm³/mol. The summed E-state index contributed by atoms with van der Waals surface area (Å²) in [5, 5.41) is 14.3. The normalized spacial score (nSPS) is 10.7. The number of aromatic nitrogens is 3. The lowest BCUT2D eigenvalue weighted by Crippen LogP contribution is -2.05. The number of carbonyl (C=O) groups is 1. The van der Waals surface area contributed by atoms with Gasteiger partial charge in [-0.05, 0) is 55.8 Å². The fraction of sp³-hybridized carbons (Fsp3) is 0.125. The Morgan fingerprint density at radius 1 is 0.968 bits per heavy atom. The first-order valence-electron chi connectivity index (χ1n) is 9.89. The Hall–Kier alpha value is -3.58. The van der Waals surface area contributed by atoms with E-state index in [1.807, 2.05) is 61.5 Å². The summed E-state index contributed by atoms with van der Waals surface area (Å²) in [7, 11) is 0. The van der Waals surface area contributed by atoms with E-state index in [-0.39, 0.29) is 5.91 Å². The minimum absolute atomic E-state index is 0.0858. The molecular formula is C24H23N5OS. The summed E-state index contributed by atoms with van der Waals surface area (Å²) < 4.78 is 0. The number of amides is 1. The lowest BCUT2D eigenvalue weighted by atomic mass is 10.1. The summed E-state index contributed by atoms with van der Waals surface area (Å²) in [6, 6.07) is 22.0. The number of aromatic amines is 1. The molecule has 2 aromatic carbocycles. The van der Waals surface area contributed by atoms with Crippen molar-refractivity contribution >= 4 is 34.9 Å². The monoisotopic (exact) mass is 429 g/mol. The van der Waals surface area contributed by atoms with Crippen LogP contribution in [0.3, 0.4) is 0 Å². The van der Waals surface area contributed by atoms with Gasteiger partial charge in [-0.25, -0.2) is 4.98 Å². The molecule has 0 aliphatic heterocycles. The summed E-state index contributed by atoms with van der Waals surface area (Å²) in [6.07, 6.45) is 0. The fourth-order valence-corrected chi connectivity index (χ4v) is 4.03. The van der Waals surface area contributed by atoms with Gasteiger partial charge in [0.1, 0.15) is 5.03 Å². The van der Waals surface area contributed by atoms with E-state index in [1.165, 1.54) is 12.5 Å². The molecule has 4 rings (SSSR count). The first-order valence-corrected chi connectivity index (χ1v) is 10.7. The zero-order chi connectivity index (χ0) is 21.8. The Bertz CT molecular complexity index is 1220. The first-order chi connectivity index (χ1) is 15.0. The van der Waals surface area contributed by atoms with Crippen LogP contribution in [0.15, 0.2) is 76.7 Å². The van der Waals surface area contributed by atoms with E-state index in [1.54, 1.807) is 11.8 Å². The average Bonchev–Trinajstić information content (AvgIpc) is 3.14. The van der Waals surface area contributed by atoms with E-state index in [2.05, 4.69) is 39.9 Å². The van der Waals surface area contributed by atoms with Gasteiger partial charge in [0, 0.05) is 40.5 Å². The molecule has 31 heavy (non-hydrogen) atoms. The van der Waals surface area contributed by atoms with E-state index >= 15 is 0 Å². The predicted octanol–water partition coefficient (Wildman–Crippen LogP) is 5.94. The van der Waals surface area contributed by atoms with Crippen LogP contribution in [0.1, 0.15) is 18.2 Å². The fourth-order valence-electron chi connectivity index (χ4n) is 3.19. The summed E-state index contributed by atoms with van der Waals surface area (Å²) in [6.45, 7) is 5.55. The molecule has 0 atom stereocenters. The van der Waals surface area contributed by atoms with Crippen LogP contribution in [-0.2, 0) is 4.79 Å². The molecule has 0 aliphatic rings. The van der Waals surface area contributed by atoms with Crippen molar-refractivity contribution in [1.82, 2.24) is 15.2 Å². The topological polar surface area (TPSA) is 82.7 Å². The van der Waals surface area contributed by atoms with Crippen LogP contribution in [0.5, 0.6) is 0 Å². The molecule has 0 saturated heterocycles. The number of H-pyrrole nitrogens is 1. The van der Waals surface area contributed by atoms with E-state index in [0.717, 1.165) is 44.1 Å². The second-order valence-corrected chi connectivity index (χ2v) is 8.36. The third-order valence-corrected chi connectivity index (χ3v) is 5.52. The van der Waals surface area contributed by atoms with Crippen molar-refractivity contribution < 1.29 is 4.79 Å². The molecule has 7 heteroatoms. The van der Waals surface area contributed by atoms with E-state index in [0.29, 0.717) is 0 Å². The minimum atomic E-state index is -0.0858. The van der Waals surface area contributed by atoms with Crippen LogP contribution in [0.25, 0.3) is 11.3 Å². The Morgan fingerprint density at radius 3 is 2.42 bits per heavy atom. The summed E-state index contributed by atoms with van der Waals surface area (Å²) in [4.78, 5) is 17.2. The van der Waals surface area contributed by atoms with Crippen molar-refractivity contribution in [3.8, 4) is 11.3 Å². The standard InChI is InChI=1S/C24H23N5OS/c1-15-6-4-5-7-21(15)22-13-19(26-23-12-16(2)28-29-23)14-24(27-22)31-20-10-8-18(9-11-20)25-17(3)30/h4-14H,1-3H3,(H,25,30)(H2,26,27,28,29). The molecule has 2 heterocycles. The lowest BCUT2D eigenvalue weighted by Gasteiger charge is -2.12. The third kappa shape index (κ3) is 5.32. The Balaban J connectivity index is 1.67. The minimum Gasteiger partial charge on any atom is -0.339 e. The van der Waals surface area contributed by atoms with Gasteiger partial charge in [-0.2, -0.15) is 5.10 Å². The second kappa shape index (κ2) is 9.06. The molecule has 0 spiro atoms. The molecule has 0 aliphatic carbocycles. The molecule has 0 fully saturated rings. The van der Waals surface area contributed by atoms with Crippen LogP contribution < -0.4 is 10.6 Å². The molecule has 0 saturated carbocycles. The number of hydrogen-bond acceptors (Lipinski definition) is 5. The van der Waals surface area contributed by atoms with Crippen molar-refractivity contribution in [1.29, 1.82) is 0 Å². The van der Waals surface area contributed by atoms with Crippen molar-refractivity contribution in [2.45, 2.75) is 30.7 Å². The molecule has 6 nitrogen and oxygen atoms in total. The number of benzene rings is 2. The average molecular weight is 430 g/mol. The van der Waals surface area contributed by atoms with Crippen molar-refractivity contribution in [3.63, 3.8) is 0 Å². The van der Waals surface area contributed by atoms with Gasteiger partial charge in [-0.15, -0.1) is 0 Å². The molecule has 0 radical (unpaired) electrons. The highest BCUT2D eigenvalue weighted by atomic mass is 32.2. The number of hydrogen-bond donors (Lipinski definition) is 3. The van der Waals surface area contributed by atoms with E-state index in [4.69, 9.17) is 4.98 Å². The highest BCUT2D eigenvalue weighted by Gasteiger charge is 2.10. The maximum Gasteiger partial charge on any atom is 0.221 e. The van der Waals surface area contributed by atoms with E-state index < -0.39 is 0 Å². The molecule has 156 valence electrons. The molecule has 1 amide bonds. The van der Waals surface area contributed by atoms with Gasteiger partial charge in [0.2, 0.25) is 5.91 Å². The van der Waals surface area contributed by atoms with Gasteiger partial charge in [-0.1, -0.05) is 36.0 Å². The number of nitrogens with zero attached hydrogens (tertiary/aromatic N) is 2. The van der Waals surface area contributed by atoms with Gasteiger partial charge in [0.15, 0.2) is 5.82 Å². The lowest BCUT2D eigenvalue weighted by molar-refractivity contribution is -0.114. The first kappa shape index (κ1) is 20.7. The maximum absolute atomic E-state index is 11.2. The van der Waals surface area contributed by atoms with Crippen LogP contribution in [0.2, 0.25) is 0 Å². The molecule has 0 bridgehead atoms. The number of nitrogens with one attached hydrogen (secondary N) is 3. The number of pyridine rings is 1. The van der Waals surface area contributed by atoms with Crippen LogP contribution in [0.4, 0.5) is 17.2 Å². The van der Waals surface area contributed by atoms with Crippen LogP contribution in [0, 0.1) is 13.8 Å². The maximum atomic E-state index is 11.2. The second-order valence-electron chi connectivity index (χ2n) is 7.26. The number of anilines is 3. The smallest absolute Gasteiger partial charge is 0.221 e. The summed E-state index contributed by atoms with van der Waals surface area (Å²) >= 11 is 1.57. The zero-order valence-corrected chi connectivity index (χ0v) is 18.4. The summed E-state index contributed by atoms with van der Waals surface area (Å²) in [5.74, 6) is 0.673. The highest BCUT2D eigenvalue weighted by Crippen LogP contribution is 2.33. The van der Waals surface area contributed by atoms with Gasteiger partial charge in [-0.3, -0.25) is 9.89 Å². The number of aryl methyl sites for hydroxylation is 2. The Labute approximate surface area is 185 Å². The van der Waals surface area contributed by atoms with Crippen molar-refractivity contribution in [2.24, 2.45) is 0 Å². The number of carbonyl (C=O) groups excluding carboxylic acids is 1. The highest BCUT2D eigenvalue weighted by molar-refractivity contribution is 7.99. The van der Waals surface area contributed by atoms with E-state index in [9.17, 15) is 4.79 Å². The zero-order valence-electron chi connectivity index (χ0n) is 17.6. The van der Waals surface area contributed by atoms with Gasteiger partial charge < -0.3 is 10.6 Å². The largest absolute Gasteiger partial charge is 0.339 e. The molecular weight excluding hydrogens is 406 g/mol. The van der Waals surface area contributed by atoms with Crippen molar-refractivity contribution in [3.05, 3.63) is 78.0 Å².